The lowest BCUT2D eigenvalue weighted by Crippen LogP contribution is -2.42. The van der Waals surface area contributed by atoms with Crippen molar-refractivity contribution in [3.63, 3.8) is 0 Å². The summed E-state index contributed by atoms with van der Waals surface area (Å²) in [5, 5.41) is 21.4. The second-order valence-electron chi connectivity index (χ2n) is 4.30. The zero-order valence-corrected chi connectivity index (χ0v) is 11.7. The Bertz CT molecular complexity index is 449. The number of carbonyl (C=O) groups excluding carboxylic acids is 1. The van der Waals surface area contributed by atoms with Crippen LogP contribution in [0.25, 0.3) is 0 Å². The highest BCUT2D eigenvalue weighted by Crippen LogP contribution is 2.27. The second-order valence-corrected chi connectivity index (χ2v) is 4.83. The van der Waals surface area contributed by atoms with E-state index in [1.807, 2.05) is 0 Å². The third-order valence-electron chi connectivity index (χ3n) is 3.05. The van der Waals surface area contributed by atoms with Crippen LogP contribution in [0.15, 0.2) is 35.2 Å². The Labute approximate surface area is 119 Å². The van der Waals surface area contributed by atoms with Crippen molar-refractivity contribution in [1.29, 1.82) is 0 Å². The number of halogens is 1. The first kappa shape index (κ1) is 14.3. The average molecular weight is 331 g/mol. The molecule has 0 bridgehead atoms. The van der Waals surface area contributed by atoms with Gasteiger partial charge in [0, 0.05) is 12.6 Å². The van der Waals surface area contributed by atoms with Gasteiger partial charge in [-0.2, -0.15) is 0 Å². The number of ether oxygens (including phenoxy) is 1. The highest BCUT2D eigenvalue weighted by Gasteiger charge is 2.38. The van der Waals surface area contributed by atoms with E-state index in [1.165, 1.54) is 0 Å². The van der Waals surface area contributed by atoms with E-state index in [0.29, 0.717) is 17.8 Å². The van der Waals surface area contributed by atoms with E-state index < -0.39 is 18.4 Å². The summed E-state index contributed by atoms with van der Waals surface area (Å²) in [4.78, 5) is 14.9. The molecule has 6 nitrogen and oxygen atoms in total. The van der Waals surface area contributed by atoms with Crippen LogP contribution in [0, 0.1) is 0 Å². The van der Waals surface area contributed by atoms with Crippen LogP contribution in [0.5, 0.6) is 0 Å². The highest BCUT2D eigenvalue weighted by molar-refractivity contribution is 9.11. The summed E-state index contributed by atoms with van der Waals surface area (Å²) in [6.45, 7) is 3.50. The zero-order valence-electron chi connectivity index (χ0n) is 10.1. The van der Waals surface area contributed by atoms with E-state index in [9.17, 15) is 9.90 Å². The topological polar surface area (TPSA) is 82.0 Å². The van der Waals surface area contributed by atoms with Crippen LogP contribution in [0.4, 0.5) is 0 Å². The van der Waals surface area contributed by atoms with E-state index in [1.54, 1.807) is 22.2 Å². The lowest BCUT2D eigenvalue weighted by Gasteiger charge is -2.32. The molecule has 7 heteroatoms. The van der Waals surface area contributed by atoms with Crippen molar-refractivity contribution in [3.8, 4) is 0 Å². The molecule has 1 saturated heterocycles. The molecule has 0 spiro atoms. The fourth-order valence-corrected chi connectivity index (χ4v) is 2.33. The van der Waals surface area contributed by atoms with Crippen molar-refractivity contribution < 1.29 is 19.7 Å². The first-order valence-electron chi connectivity index (χ1n) is 5.78. The van der Waals surface area contributed by atoms with Crippen LogP contribution >= 0.6 is 15.9 Å². The van der Waals surface area contributed by atoms with Gasteiger partial charge >= 0.3 is 0 Å². The highest BCUT2D eigenvalue weighted by atomic mass is 79.9. The van der Waals surface area contributed by atoms with Gasteiger partial charge in [0.25, 0.3) is 5.91 Å². The summed E-state index contributed by atoms with van der Waals surface area (Å²) in [5.41, 5.74) is 0.440. The number of hydrogen-bond donors (Lipinski definition) is 3. The van der Waals surface area contributed by atoms with Gasteiger partial charge in [-0.05, 0) is 11.1 Å². The monoisotopic (exact) mass is 330 g/mol. The number of amides is 1. The van der Waals surface area contributed by atoms with Gasteiger partial charge < -0.3 is 25.2 Å². The summed E-state index contributed by atoms with van der Waals surface area (Å²) < 4.78 is 5.53. The number of hydrogen-bond acceptors (Lipinski definition) is 5. The van der Waals surface area contributed by atoms with Gasteiger partial charge in [0.15, 0.2) is 0 Å². The summed E-state index contributed by atoms with van der Waals surface area (Å²) in [7, 11) is 0. The van der Waals surface area contributed by atoms with Crippen LogP contribution in [0.2, 0.25) is 0 Å². The smallest absolute Gasteiger partial charge is 0.258 e. The van der Waals surface area contributed by atoms with E-state index in [-0.39, 0.29) is 12.5 Å². The van der Waals surface area contributed by atoms with Crippen molar-refractivity contribution >= 4 is 21.8 Å². The molecule has 2 aliphatic rings. The molecule has 3 unspecified atom stereocenters. The number of nitrogens with one attached hydrogen (secondary N) is 1. The molecule has 0 aromatic carbocycles. The van der Waals surface area contributed by atoms with E-state index in [4.69, 9.17) is 9.84 Å². The van der Waals surface area contributed by atoms with Crippen LogP contribution < -0.4 is 5.32 Å². The van der Waals surface area contributed by atoms with Crippen LogP contribution in [-0.2, 0) is 9.53 Å². The standard InChI is InChI=1S/C12H15BrN2O4/c1-7-14-12(18)8(2-3-13)5-15(7)11-4-9(17)10(6-16)19-11/h2-3,5,9-11,16-17H,1,4,6H2,(H,14,18)/b3-2+. The van der Waals surface area contributed by atoms with Gasteiger partial charge in [-0.1, -0.05) is 22.5 Å². The van der Waals surface area contributed by atoms with Gasteiger partial charge in [-0.15, -0.1) is 0 Å². The third kappa shape index (κ3) is 2.89. The minimum atomic E-state index is -0.732. The molecule has 0 aliphatic carbocycles. The van der Waals surface area contributed by atoms with E-state index >= 15 is 0 Å². The number of nitrogens with zero attached hydrogens (tertiary/aromatic N) is 1. The maximum absolute atomic E-state index is 11.7. The Hall–Kier alpha value is -1.15. The average Bonchev–Trinajstić information content (AvgIpc) is 2.74. The predicted molar refractivity (Wildman–Crippen MR) is 71.6 cm³/mol. The van der Waals surface area contributed by atoms with Gasteiger partial charge in [-0.25, -0.2) is 0 Å². The molecule has 2 aliphatic heterocycles. The first-order chi connectivity index (χ1) is 9.06. The fourth-order valence-electron chi connectivity index (χ4n) is 2.05. The number of carbonyl (C=O) groups is 1. The largest absolute Gasteiger partial charge is 0.394 e. The van der Waals surface area contributed by atoms with Crippen LogP contribution in [-0.4, -0.2) is 46.1 Å². The Morgan fingerprint density at radius 1 is 1.68 bits per heavy atom. The van der Waals surface area contributed by atoms with Crippen molar-refractivity contribution in [2.45, 2.75) is 24.9 Å². The maximum Gasteiger partial charge on any atom is 0.258 e. The molecule has 1 amide bonds. The number of aliphatic hydroxyl groups excluding tert-OH is 2. The van der Waals surface area contributed by atoms with Crippen LogP contribution in [0.3, 0.4) is 0 Å². The number of aliphatic hydroxyl groups is 2. The molecule has 0 aromatic rings. The van der Waals surface area contributed by atoms with Crippen molar-refractivity contribution in [3.05, 3.63) is 35.2 Å². The van der Waals surface area contributed by atoms with E-state index in [0.717, 1.165) is 0 Å². The van der Waals surface area contributed by atoms with Gasteiger partial charge in [0.2, 0.25) is 0 Å². The van der Waals surface area contributed by atoms with Gasteiger partial charge in [-0.3, -0.25) is 4.79 Å². The van der Waals surface area contributed by atoms with Gasteiger partial charge in [0.1, 0.15) is 18.2 Å². The molecular formula is C12H15BrN2O4. The SMILES string of the molecule is C=C1NC(=O)C(/C=C/Br)=CN1C1CC(O)C(CO)O1. The van der Waals surface area contributed by atoms with E-state index in [2.05, 4.69) is 27.8 Å². The maximum atomic E-state index is 11.7. The molecule has 104 valence electrons. The normalized spacial score (nSPS) is 31.8. The number of rotatable bonds is 3. The molecule has 19 heavy (non-hydrogen) atoms. The predicted octanol–water partition coefficient (Wildman–Crippen LogP) is 0.150. The summed E-state index contributed by atoms with van der Waals surface area (Å²) in [6.07, 6.45) is 1.74. The molecule has 2 heterocycles. The summed E-state index contributed by atoms with van der Waals surface area (Å²) >= 11 is 3.11. The third-order valence-corrected chi connectivity index (χ3v) is 3.31. The Kier molecular flexibility index (Phi) is 4.41. The summed E-state index contributed by atoms with van der Waals surface area (Å²) in [5.74, 6) is 0.127. The molecular weight excluding hydrogens is 316 g/mol. The minimum absolute atomic E-state index is 0.248. The van der Waals surface area contributed by atoms with Gasteiger partial charge in [0.05, 0.1) is 18.3 Å². The van der Waals surface area contributed by atoms with Crippen LogP contribution in [0.1, 0.15) is 6.42 Å². The summed E-state index contributed by atoms with van der Waals surface area (Å²) in [6, 6.07) is 0. The zero-order chi connectivity index (χ0) is 14.0. The molecule has 0 saturated carbocycles. The molecule has 3 atom stereocenters. The lowest BCUT2D eigenvalue weighted by molar-refractivity contribution is -0.118. The quantitative estimate of drug-likeness (QED) is 0.686. The Morgan fingerprint density at radius 3 is 3.00 bits per heavy atom. The first-order valence-corrected chi connectivity index (χ1v) is 6.70. The molecule has 3 N–H and O–H groups in total. The second kappa shape index (κ2) is 5.87. The van der Waals surface area contributed by atoms with Crippen molar-refractivity contribution in [2.24, 2.45) is 0 Å². The molecule has 0 radical (unpaired) electrons. The molecule has 2 rings (SSSR count). The Balaban J connectivity index is 2.19. The van der Waals surface area contributed by atoms with Crippen molar-refractivity contribution in [1.82, 2.24) is 10.2 Å². The fraction of sp³-hybridized carbons (Fsp3) is 0.417. The molecule has 1 fully saturated rings. The molecule has 0 aromatic heterocycles. The van der Waals surface area contributed by atoms with Crippen molar-refractivity contribution in [2.75, 3.05) is 6.61 Å². The minimum Gasteiger partial charge on any atom is -0.394 e. The lowest BCUT2D eigenvalue weighted by atomic mass is 10.1. The Morgan fingerprint density at radius 2 is 2.42 bits per heavy atom.